The van der Waals surface area contributed by atoms with Gasteiger partial charge in [0, 0.05) is 23.4 Å². The molecule has 3 aromatic rings. The summed E-state index contributed by atoms with van der Waals surface area (Å²) < 4.78 is 12.5. The van der Waals surface area contributed by atoms with E-state index >= 15 is 0 Å². The zero-order valence-corrected chi connectivity index (χ0v) is 18.3. The Balaban J connectivity index is 1.77. The lowest BCUT2D eigenvalue weighted by Crippen LogP contribution is -2.24. The number of rotatable bonds is 8. The Morgan fingerprint density at radius 1 is 1.25 bits per heavy atom. The second-order valence-electron chi connectivity index (χ2n) is 7.74. The van der Waals surface area contributed by atoms with Crippen LogP contribution < -0.4 is 16.0 Å². The first-order valence-corrected chi connectivity index (χ1v) is 10.9. The van der Waals surface area contributed by atoms with Crippen LogP contribution in [-0.4, -0.2) is 33.8 Å². The van der Waals surface area contributed by atoms with E-state index in [1.165, 1.54) is 6.07 Å². The van der Waals surface area contributed by atoms with E-state index in [-0.39, 0.29) is 29.9 Å². The first-order valence-electron chi connectivity index (χ1n) is 10.9. The Bertz CT molecular complexity index is 1250. The van der Waals surface area contributed by atoms with Crippen LogP contribution in [0.4, 0.5) is 0 Å². The summed E-state index contributed by atoms with van der Waals surface area (Å²) in [6.07, 6.45) is 1.73. The highest BCUT2D eigenvalue weighted by Crippen LogP contribution is 2.38. The van der Waals surface area contributed by atoms with Crippen molar-refractivity contribution in [1.29, 1.82) is 0 Å². The van der Waals surface area contributed by atoms with Gasteiger partial charge in [-0.2, -0.15) is 0 Å². The second-order valence-corrected chi connectivity index (χ2v) is 7.74. The molecule has 0 bridgehead atoms. The molecule has 0 amide bonds. The van der Waals surface area contributed by atoms with Crippen LogP contribution in [-0.2, 0) is 29.1 Å². The van der Waals surface area contributed by atoms with Gasteiger partial charge in [-0.05, 0) is 43.1 Å². The van der Waals surface area contributed by atoms with E-state index in [2.05, 4.69) is 6.92 Å². The number of benzene rings is 1. The Hall–Kier alpha value is -3.39. The zero-order valence-electron chi connectivity index (χ0n) is 18.3. The third-order valence-electron chi connectivity index (χ3n) is 5.75. The summed E-state index contributed by atoms with van der Waals surface area (Å²) in [5, 5.41) is 11.5. The molecule has 3 N–H and O–H groups in total. The molecule has 0 aliphatic carbocycles. The summed E-state index contributed by atoms with van der Waals surface area (Å²) in [6.45, 7) is 4.95. The Morgan fingerprint density at radius 2 is 2.06 bits per heavy atom. The first kappa shape index (κ1) is 21.8. The molecule has 32 heavy (non-hydrogen) atoms. The maximum atomic E-state index is 13.1. The number of fused-ring (bicyclic) bond motifs is 4. The van der Waals surface area contributed by atoms with Gasteiger partial charge in [-0.3, -0.25) is 9.59 Å². The SMILES string of the molecule is CCC(=O)OCc1c(O)cc2n(c1=O)Cc1c-2nc2ccc(OCCCN)cc2c1CC. The Kier molecular flexibility index (Phi) is 6.14. The van der Waals surface area contributed by atoms with Crippen molar-refractivity contribution in [1.82, 2.24) is 9.55 Å². The molecule has 0 atom stereocenters. The largest absolute Gasteiger partial charge is 0.507 e. The maximum absolute atomic E-state index is 13.1. The number of aryl methyl sites for hydroxylation is 1. The third kappa shape index (κ3) is 3.82. The molecule has 8 heteroatoms. The van der Waals surface area contributed by atoms with Crippen molar-refractivity contribution >= 4 is 16.9 Å². The molecule has 8 nitrogen and oxygen atoms in total. The van der Waals surface area contributed by atoms with Crippen LogP contribution in [0.1, 0.15) is 43.4 Å². The van der Waals surface area contributed by atoms with E-state index in [1.54, 1.807) is 11.5 Å². The molecule has 3 heterocycles. The predicted octanol–water partition coefficient (Wildman–Crippen LogP) is 2.87. The van der Waals surface area contributed by atoms with Gasteiger partial charge in [0.15, 0.2) is 0 Å². The molecule has 0 saturated carbocycles. The smallest absolute Gasteiger partial charge is 0.305 e. The average molecular weight is 437 g/mol. The number of aromatic hydroxyl groups is 1. The minimum absolute atomic E-state index is 0.0709. The highest BCUT2D eigenvalue weighted by Gasteiger charge is 2.28. The number of pyridine rings is 2. The summed E-state index contributed by atoms with van der Waals surface area (Å²) in [5.74, 6) is 0.137. The quantitative estimate of drug-likeness (QED) is 0.322. The summed E-state index contributed by atoms with van der Waals surface area (Å²) in [4.78, 5) is 29.4. The topological polar surface area (TPSA) is 117 Å². The molecule has 0 saturated heterocycles. The van der Waals surface area contributed by atoms with Gasteiger partial charge < -0.3 is 24.9 Å². The van der Waals surface area contributed by atoms with E-state index < -0.39 is 5.97 Å². The number of nitrogens with two attached hydrogens (primary N) is 1. The zero-order chi connectivity index (χ0) is 22.8. The number of ether oxygens (including phenoxy) is 2. The highest BCUT2D eigenvalue weighted by molar-refractivity contribution is 5.89. The highest BCUT2D eigenvalue weighted by atomic mass is 16.5. The van der Waals surface area contributed by atoms with Gasteiger partial charge in [0.1, 0.15) is 18.1 Å². The molecule has 1 aliphatic rings. The van der Waals surface area contributed by atoms with E-state index in [4.69, 9.17) is 20.2 Å². The minimum atomic E-state index is -0.428. The van der Waals surface area contributed by atoms with E-state index in [1.807, 2.05) is 18.2 Å². The Morgan fingerprint density at radius 3 is 2.78 bits per heavy atom. The average Bonchev–Trinajstić information content (AvgIpc) is 3.15. The normalized spacial score (nSPS) is 12.0. The number of nitrogens with zero attached hydrogens (tertiary/aromatic N) is 2. The van der Waals surface area contributed by atoms with Crippen LogP contribution in [0.2, 0.25) is 0 Å². The molecule has 0 fully saturated rings. The third-order valence-corrected chi connectivity index (χ3v) is 5.75. The lowest BCUT2D eigenvalue weighted by molar-refractivity contribution is -0.144. The van der Waals surface area contributed by atoms with Crippen molar-refractivity contribution in [3.05, 3.63) is 51.3 Å². The number of carbonyl (C=O) groups excluding carboxylic acids is 1. The molecule has 4 rings (SSSR count). The standard InChI is InChI=1S/C24H27N3O5/c1-3-15-16-10-14(31-9-5-8-25)6-7-19(16)26-23-17(15)12-27-20(23)11-21(28)18(24(27)30)13-32-22(29)4-2/h6-7,10-11,28H,3-5,8-9,12-13,25H2,1-2H3. The predicted molar refractivity (Wildman–Crippen MR) is 121 cm³/mol. The molecular weight excluding hydrogens is 410 g/mol. The van der Waals surface area contributed by atoms with Gasteiger partial charge in [0.2, 0.25) is 0 Å². The van der Waals surface area contributed by atoms with Crippen molar-refractivity contribution in [2.75, 3.05) is 13.2 Å². The monoisotopic (exact) mass is 437 g/mol. The van der Waals surface area contributed by atoms with Crippen LogP contribution >= 0.6 is 0 Å². The van der Waals surface area contributed by atoms with Crippen molar-refractivity contribution < 1.29 is 19.4 Å². The Labute approximate surface area is 185 Å². The van der Waals surface area contributed by atoms with Gasteiger partial charge in [0.25, 0.3) is 5.56 Å². The summed E-state index contributed by atoms with van der Waals surface area (Å²) in [6, 6.07) is 7.30. The fourth-order valence-corrected chi connectivity index (χ4v) is 4.08. The maximum Gasteiger partial charge on any atom is 0.305 e. The number of carbonyl (C=O) groups is 1. The van der Waals surface area contributed by atoms with Crippen molar-refractivity contribution in [3.63, 3.8) is 0 Å². The lowest BCUT2D eigenvalue weighted by atomic mass is 9.98. The number of aromatic nitrogens is 2. The van der Waals surface area contributed by atoms with E-state index in [9.17, 15) is 14.7 Å². The fourth-order valence-electron chi connectivity index (χ4n) is 4.08. The van der Waals surface area contributed by atoms with Crippen molar-refractivity contribution in [2.24, 2.45) is 5.73 Å². The van der Waals surface area contributed by atoms with Crippen molar-refractivity contribution in [2.45, 2.75) is 46.3 Å². The molecule has 0 radical (unpaired) electrons. The van der Waals surface area contributed by atoms with Crippen LogP contribution in [0.3, 0.4) is 0 Å². The minimum Gasteiger partial charge on any atom is -0.507 e. The van der Waals surface area contributed by atoms with Gasteiger partial charge >= 0.3 is 5.97 Å². The van der Waals surface area contributed by atoms with Crippen molar-refractivity contribution in [3.8, 4) is 22.9 Å². The van der Waals surface area contributed by atoms with Gasteiger partial charge in [-0.25, -0.2) is 4.98 Å². The summed E-state index contributed by atoms with van der Waals surface area (Å²) in [5.41, 5.74) is 9.34. The molecule has 2 aromatic heterocycles. The fraction of sp³-hybridized carbons (Fsp3) is 0.375. The number of hydrogen-bond donors (Lipinski definition) is 2. The van der Waals surface area contributed by atoms with Gasteiger partial charge in [-0.15, -0.1) is 0 Å². The molecule has 0 unspecified atom stereocenters. The number of hydrogen-bond acceptors (Lipinski definition) is 7. The second kappa shape index (κ2) is 9.00. The summed E-state index contributed by atoms with van der Waals surface area (Å²) >= 11 is 0. The van der Waals surface area contributed by atoms with Gasteiger partial charge in [0.05, 0.1) is 35.6 Å². The first-order chi connectivity index (χ1) is 15.5. The van der Waals surface area contributed by atoms with Crippen LogP contribution in [0, 0.1) is 0 Å². The lowest BCUT2D eigenvalue weighted by Gasteiger charge is -2.12. The van der Waals surface area contributed by atoms with Gasteiger partial charge in [-0.1, -0.05) is 13.8 Å². The van der Waals surface area contributed by atoms with E-state index in [0.29, 0.717) is 31.1 Å². The van der Waals surface area contributed by atoms with Crippen LogP contribution in [0.15, 0.2) is 29.1 Å². The summed E-state index contributed by atoms with van der Waals surface area (Å²) in [7, 11) is 0. The molecule has 1 aliphatic heterocycles. The number of esters is 1. The molecule has 0 spiro atoms. The van der Waals surface area contributed by atoms with Crippen LogP contribution in [0.25, 0.3) is 22.3 Å². The van der Waals surface area contributed by atoms with E-state index in [0.717, 1.165) is 40.6 Å². The van der Waals surface area contributed by atoms with Crippen LogP contribution in [0.5, 0.6) is 11.5 Å². The molecule has 168 valence electrons. The molecule has 1 aromatic carbocycles. The molecular formula is C24H27N3O5.